The number of ether oxygens (including phenoxy) is 1. The van der Waals surface area contributed by atoms with Crippen molar-refractivity contribution in [2.75, 3.05) is 19.0 Å². The molecule has 0 aliphatic rings. The molecule has 27 heavy (non-hydrogen) atoms. The maximum absolute atomic E-state index is 12.6. The maximum Gasteiger partial charge on any atom is 0.337 e. The molecular formula is C19H20N2O5S. The van der Waals surface area contributed by atoms with E-state index in [-0.39, 0.29) is 17.0 Å². The lowest BCUT2D eigenvalue weighted by Crippen LogP contribution is -2.24. The van der Waals surface area contributed by atoms with Gasteiger partial charge in [-0.3, -0.25) is 4.79 Å². The van der Waals surface area contributed by atoms with Crippen LogP contribution in [0, 0.1) is 6.92 Å². The van der Waals surface area contributed by atoms with E-state index in [0.717, 1.165) is 5.56 Å². The minimum Gasteiger partial charge on any atom is -0.465 e. The van der Waals surface area contributed by atoms with Crippen LogP contribution in [-0.4, -0.2) is 33.9 Å². The molecule has 0 radical (unpaired) electrons. The normalized spacial score (nSPS) is 10.9. The molecule has 0 aliphatic heterocycles. The SMILES string of the molecule is C=CCNS(=O)(=O)c1cccc(C(=O)Nc2cc(C(=O)OC)ccc2C)c1. The molecule has 0 bridgehead atoms. The quantitative estimate of drug-likeness (QED) is 0.561. The summed E-state index contributed by atoms with van der Waals surface area (Å²) < 4.78 is 31.4. The van der Waals surface area contributed by atoms with Gasteiger partial charge in [-0.05, 0) is 42.8 Å². The first-order valence-electron chi connectivity index (χ1n) is 7.99. The summed E-state index contributed by atoms with van der Waals surface area (Å²) in [5.41, 5.74) is 1.64. The Kier molecular flexibility index (Phi) is 6.49. The molecule has 142 valence electrons. The largest absolute Gasteiger partial charge is 0.465 e. The molecule has 0 saturated carbocycles. The second-order valence-electron chi connectivity index (χ2n) is 5.64. The molecule has 2 aromatic rings. The van der Waals surface area contributed by atoms with Crippen molar-refractivity contribution >= 4 is 27.6 Å². The highest BCUT2D eigenvalue weighted by atomic mass is 32.2. The first-order valence-corrected chi connectivity index (χ1v) is 9.47. The predicted molar refractivity (Wildman–Crippen MR) is 102 cm³/mol. The molecule has 1 amide bonds. The van der Waals surface area contributed by atoms with Crippen LogP contribution in [0.4, 0.5) is 5.69 Å². The van der Waals surface area contributed by atoms with Crippen LogP contribution in [0.3, 0.4) is 0 Å². The molecule has 0 heterocycles. The minimum atomic E-state index is -3.74. The number of amides is 1. The number of carbonyl (C=O) groups is 2. The number of hydrogen-bond acceptors (Lipinski definition) is 5. The summed E-state index contributed by atoms with van der Waals surface area (Å²) in [5, 5.41) is 2.69. The number of aryl methyl sites for hydroxylation is 1. The van der Waals surface area contributed by atoms with Crippen molar-refractivity contribution in [2.24, 2.45) is 0 Å². The predicted octanol–water partition coefficient (Wildman–Crippen LogP) is 2.50. The molecule has 2 rings (SSSR count). The first-order chi connectivity index (χ1) is 12.8. The first kappa shape index (κ1) is 20.3. The molecule has 8 heteroatoms. The molecule has 0 spiro atoms. The van der Waals surface area contributed by atoms with Crippen molar-refractivity contribution < 1.29 is 22.7 Å². The van der Waals surface area contributed by atoms with Gasteiger partial charge >= 0.3 is 5.97 Å². The van der Waals surface area contributed by atoms with E-state index in [9.17, 15) is 18.0 Å². The Labute approximate surface area is 158 Å². The van der Waals surface area contributed by atoms with Gasteiger partial charge in [0, 0.05) is 17.8 Å². The average Bonchev–Trinajstić information content (AvgIpc) is 2.67. The fourth-order valence-corrected chi connectivity index (χ4v) is 3.30. The molecule has 2 aromatic carbocycles. The number of rotatable bonds is 7. The molecule has 0 saturated heterocycles. The van der Waals surface area contributed by atoms with E-state index in [2.05, 4.69) is 21.4 Å². The van der Waals surface area contributed by atoms with Gasteiger partial charge in [0.1, 0.15) is 0 Å². The third-order valence-electron chi connectivity index (χ3n) is 3.73. The number of nitrogens with one attached hydrogen (secondary N) is 2. The van der Waals surface area contributed by atoms with Crippen molar-refractivity contribution in [1.82, 2.24) is 4.72 Å². The maximum atomic E-state index is 12.6. The number of sulfonamides is 1. The monoisotopic (exact) mass is 388 g/mol. The Morgan fingerprint density at radius 2 is 1.89 bits per heavy atom. The summed E-state index contributed by atoms with van der Waals surface area (Å²) >= 11 is 0. The Bertz CT molecular complexity index is 983. The third kappa shape index (κ3) is 5.02. The van der Waals surface area contributed by atoms with Gasteiger partial charge in [0.15, 0.2) is 0 Å². The number of anilines is 1. The van der Waals surface area contributed by atoms with Crippen LogP contribution in [0.2, 0.25) is 0 Å². The topological polar surface area (TPSA) is 102 Å². The van der Waals surface area contributed by atoms with Crippen molar-refractivity contribution in [2.45, 2.75) is 11.8 Å². The minimum absolute atomic E-state index is 0.0305. The van der Waals surface area contributed by atoms with Gasteiger partial charge in [-0.25, -0.2) is 17.9 Å². The number of hydrogen-bond donors (Lipinski definition) is 2. The second-order valence-corrected chi connectivity index (χ2v) is 7.41. The number of methoxy groups -OCH3 is 1. The van der Waals surface area contributed by atoms with Crippen LogP contribution < -0.4 is 10.0 Å². The number of esters is 1. The lowest BCUT2D eigenvalue weighted by molar-refractivity contribution is 0.0600. The molecule has 2 N–H and O–H groups in total. The van der Waals surface area contributed by atoms with Crippen LogP contribution >= 0.6 is 0 Å². The Hall–Kier alpha value is -2.97. The van der Waals surface area contributed by atoms with Crippen LogP contribution in [-0.2, 0) is 14.8 Å². The van der Waals surface area contributed by atoms with Gasteiger partial charge < -0.3 is 10.1 Å². The second kappa shape index (κ2) is 8.61. The highest BCUT2D eigenvalue weighted by Gasteiger charge is 2.16. The van der Waals surface area contributed by atoms with Crippen LogP contribution in [0.5, 0.6) is 0 Å². The summed E-state index contributed by atoms with van der Waals surface area (Å²) in [7, 11) is -2.47. The van der Waals surface area contributed by atoms with Gasteiger partial charge in [0.2, 0.25) is 10.0 Å². The van der Waals surface area contributed by atoms with Gasteiger partial charge in [0.25, 0.3) is 5.91 Å². The van der Waals surface area contributed by atoms with Crippen molar-refractivity contribution in [3.05, 3.63) is 71.8 Å². The summed E-state index contributed by atoms with van der Waals surface area (Å²) in [6, 6.07) is 10.4. The van der Waals surface area contributed by atoms with E-state index >= 15 is 0 Å². The molecular weight excluding hydrogens is 368 g/mol. The summed E-state index contributed by atoms with van der Waals surface area (Å²) in [5.74, 6) is -1.02. The molecule has 0 atom stereocenters. The lowest BCUT2D eigenvalue weighted by atomic mass is 10.1. The Morgan fingerprint density at radius 1 is 1.15 bits per heavy atom. The van der Waals surface area contributed by atoms with Gasteiger partial charge in [0.05, 0.1) is 17.6 Å². The zero-order chi connectivity index (χ0) is 20.0. The van der Waals surface area contributed by atoms with Crippen molar-refractivity contribution in [1.29, 1.82) is 0 Å². The van der Waals surface area contributed by atoms with E-state index in [1.165, 1.54) is 43.5 Å². The van der Waals surface area contributed by atoms with Crippen LogP contribution in [0.1, 0.15) is 26.3 Å². The highest BCUT2D eigenvalue weighted by Crippen LogP contribution is 2.19. The van der Waals surface area contributed by atoms with Gasteiger partial charge in [-0.2, -0.15) is 0 Å². The Balaban J connectivity index is 2.28. The van der Waals surface area contributed by atoms with Crippen molar-refractivity contribution in [3.63, 3.8) is 0 Å². The number of carbonyl (C=O) groups excluding carboxylic acids is 2. The van der Waals surface area contributed by atoms with Gasteiger partial charge in [-0.15, -0.1) is 6.58 Å². The van der Waals surface area contributed by atoms with Crippen molar-refractivity contribution in [3.8, 4) is 0 Å². The Morgan fingerprint density at radius 3 is 2.56 bits per heavy atom. The molecule has 0 unspecified atom stereocenters. The molecule has 7 nitrogen and oxygen atoms in total. The third-order valence-corrected chi connectivity index (χ3v) is 5.15. The fraction of sp³-hybridized carbons (Fsp3) is 0.158. The molecule has 0 fully saturated rings. The zero-order valence-electron chi connectivity index (χ0n) is 15.0. The van der Waals surface area contributed by atoms with Gasteiger partial charge in [-0.1, -0.05) is 18.2 Å². The standard InChI is InChI=1S/C19H20N2O5S/c1-4-10-20-27(24,25)16-7-5-6-14(11-16)18(22)21-17-12-15(19(23)26-3)9-8-13(17)2/h4-9,11-12,20H,1,10H2,2-3H3,(H,21,22). The van der Waals surface area contributed by atoms with Crippen LogP contribution in [0.15, 0.2) is 60.0 Å². The van der Waals surface area contributed by atoms with E-state index < -0.39 is 21.9 Å². The fourth-order valence-electron chi connectivity index (χ4n) is 2.25. The highest BCUT2D eigenvalue weighted by molar-refractivity contribution is 7.89. The summed E-state index contributed by atoms with van der Waals surface area (Å²) in [6.07, 6.45) is 1.42. The smallest absolute Gasteiger partial charge is 0.337 e. The van der Waals surface area contributed by atoms with E-state index in [1.807, 2.05) is 0 Å². The lowest BCUT2D eigenvalue weighted by Gasteiger charge is -2.11. The van der Waals surface area contributed by atoms with E-state index in [0.29, 0.717) is 11.3 Å². The van der Waals surface area contributed by atoms with Crippen LogP contribution in [0.25, 0.3) is 0 Å². The molecule has 0 aliphatic carbocycles. The number of benzene rings is 2. The van der Waals surface area contributed by atoms with E-state index in [1.54, 1.807) is 19.1 Å². The zero-order valence-corrected chi connectivity index (χ0v) is 15.8. The molecule has 0 aromatic heterocycles. The average molecular weight is 388 g/mol. The summed E-state index contributed by atoms with van der Waals surface area (Å²) in [4.78, 5) is 24.2. The van der Waals surface area contributed by atoms with E-state index in [4.69, 9.17) is 0 Å². The summed E-state index contributed by atoms with van der Waals surface area (Å²) in [6.45, 7) is 5.32.